The SMILES string of the molecule is CCC(C)C1CN(Cc2ccc(F)cc2Cl)C(C)CN1. The summed E-state index contributed by atoms with van der Waals surface area (Å²) in [4.78, 5) is 2.44. The van der Waals surface area contributed by atoms with Gasteiger partial charge in [0.1, 0.15) is 5.82 Å². The Bertz CT molecular complexity index is 452. The van der Waals surface area contributed by atoms with E-state index in [0.717, 1.165) is 25.2 Å². The molecule has 3 atom stereocenters. The minimum Gasteiger partial charge on any atom is -0.311 e. The van der Waals surface area contributed by atoms with Gasteiger partial charge in [0, 0.05) is 36.7 Å². The van der Waals surface area contributed by atoms with E-state index >= 15 is 0 Å². The molecule has 3 unspecified atom stereocenters. The second-order valence-corrected chi connectivity index (χ2v) is 6.32. The predicted octanol–water partition coefficient (Wildman–Crippen LogP) is 3.69. The van der Waals surface area contributed by atoms with Crippen LogP contribution in [0, 0.1) is 11.7 Å². The van der Waals surface area contributed by atoms with Crippen molar-refractivity contribution >= 4 is 11.6 Å². The van der Waals surface area contributed by atoms with Crippen LogP contribution in [0.2, 0.25) is 5.02 Å². The monoisotopic (exact) mass is 298 g/mol. The maximum Gasteiger partial charge on any atom is 0.124 e. The van der Waals surface area contributed by atoms with Gasteiger partial charge in [0.15, 0.2) is 0 Å². The summed E-state index contributed by atoms with van der Waals surface area (Å²) in [6.45, 7) is 9.53. The van der Waals surface area contributed by atoms with E-state index in [4.69, 9.17) is 11.6 Å². The van der Waals surface area contributed by atoms with Gasteiger partial charge in [-0.2, -0.15) is 0 Å². The minimum absolute atomic E-state index is 0.274. The van der Waals surface area contributed by atoms with E-state index in [1.54, 1.807) is 6.07 Å². The van der Waals surface area contributed by atoms with Gasteiger partial charge in [-0.1, -0.05) is 37.9 Å². The molecular formula is C16H24ClFN2. The van der Waals surface area contributed by atoms with E-state index < -0.39 is 0 Å². The Morgan fingerprint density at radius 1 is 1.50 bits per heavy atom. The maximum atomic E-state index is 13.1. The average Bonchev–Trinajstić information content (AvgIpc) is 2.43. The van der Waals surface area contributed by atoms with Crippen molar-refractivity contribution in [2.45, 2.75) is 45.8 Å². The Balaban J connectivity index is 2.06. The summed E-state index contributed by atoms with van der Waals surface area (Å²) < 4.78 is 13.1. The van der Waals surface area contributed by atoms with E-state index in [1.807, 2.05) is 0 Å². The number of nitrogens with zero attached hydrogens (tertiary/aromatic N) is 1. The predicted molar refractivity (Wildman–Crippen MR) is 82.5 cm³/mol. The lowest BCUT2D eigenvalue weighted by atomic mass is 9.95. The van der Waals surface area contributed by atoms with Crippen molar-refractivity contribution < 1.29 is 4.39 Å². The summed E-state index contributed by atoms with van der Waals surface area (Å²) in [6.07, 6.45) is 1.18. The van der Waals surface area contributed by atoms with E-state index in [0.29, 0.717) is 23.0 Å². The molecule has 112 valence electrons. The summed E-state index contributed by atoms with van der Waals surface area (Å²) in [5.74, 6) is 0.387. The Morgan fingerprint density at radius 3 is 2.90 bits per heavy atom. The van der Waals surface area contributed by atoms with Gasteiger partial charge >= 0.3 is 0 Å². The molecule has 1 heterocycles. The molecule has 0 spiro atoms. The van der Waals surface area contributed by atoms with Gasteiger partial charge < -0.3 is 5.32 Å². The second-order valence-electron chi connectivity index (χ2n) is 5.91. The highest BCUT2D eigenvalue weighted by molar-refractivity contribution is 6.31. The van der Waals surface area contributed by atoms with E-state index in [1.165, 1.54) is 18.6 Å². The van der Waals surface area contributed by atoms with Gasteiger partial charge in [-0.15, -0.1) is 0 Å². The third-order valence-electron chi connectivity index (χ3n) is 4.45. The highest BCUT2D eigenvalue weighted by atomic mass is 35.5. The minimum atomic E-state index is -0.274. The van der Waals surface area contributed by atoms with E-state index in [-0.39, 0.29) is 5.82 Å². The third-order valence-corrected chi connectivity index (χ3v) is 4.80. The molecule has 2 rings (SSSR count). The van der Waals surface area contributed by atoms with Crippen LogP contribution in [0.15, 0.2) is 18.2 Å². The summed E-state index contributed by atoms with van der Waals surface area (Å²) in [5, 5.41) is 4.15. The molecule has 4 heteroatoms. The molecule has 0 bridgehead atoms. The van der Waals surface area contributed by atoms with Crippen molar-refractivity contribution in [1.82, 2.24) is 10.2 Å². The molecule has 0 saturated carbocycles. The molecule has 1 saturated heterocycles. The lowest BCUT2D eigenvalue weighted by molar-refractivity contribution is 0.112. The number of halogens is 2. The van der Waals surface area contributed by atoms with Crippen LogP contribution in [0.1, 0.15) is 32.8 Å². The van der Waals surface area contributed by atoms with Crippen molar-refractivity contribution in [1.29, 1.82) is 0 Å². The molecule has 1 N–H and O–H groups in total. The first-order valence-corrected chi connectivity index (χ1v) is 7.80. The molecule has 1 fully saturated rings. The average molecular weight is 299 g/mol. The van der Waals surface area contributed by atoms with Crippen LogP contribution >= 0.6 is 11.6 Å². The first-order valence-electron chi connectivity index (χ1n) is 7.42. The fourth-order valence-corrected chi connectivity index (χ4v) is 2.93. The van der Waals surface area contributed by atoms with Gasteiger partial charge in [-0.3, -0.25) is 4.90 Å². The number of hydrogen-bond acceptors (Lipinski definition) is 2. The Hall–Kier alpha value is -0.640. The van der Waals surface area contributed by atoms with Gasteiger partial charge in [0.05, 0.1) is 0 Å². The fraction of sp³-hybridized carbons (Fsp3) is 0.625. The van der Waals surface area contributed by atoms with Crippen LogP contribution in [0.4, 0.5) is 4.39 Å². The molecule has 20 heavy (non-hydrogen) atoms. The van der Waals surface area contributed by atoms with Gasteiger partial charge in [-0.05, 0) is 30.5 Å². The number of nitrogens with one attached hydrogen (secondary N) is 1. The highest BCUT2D eigenvalue weighted by Crippen LogP contribution is 2.22. The first-order chi connectivity index (χ1) is 9.51. The molecule has 1 aromatic carbocycles. The Kier molecular flexibility index (Phi) is 5.42. The van der Waals surface area contributed by atoms with Crippen molar-refractivity contribution in [2.24, 2.45) is 5.92 Å². The number of rotatable bonds is 4. The number of hydrogen-bond donors (Lipinski definition) is 1. The number of piperazine rings is 1. The first kappa shape index (κ1) is 15.7. The zero-order valence-corrected chi connectivity index (χ0v) is 13.3. The molecule has 0 radical (unpaired) electrons. The summed E-state index contributed by atoms with van der Waals surface area (Å²) in [6, 6.07) is 5.67. The third kappa shape index (κ3) is 3.72. The molecule has 0 aromatic heterocycles. The molecule has 1 aromatic rings. The molecular weight excluding hydrogens is 275 g/mol. The van der Waals surface area contributed by atoms with Crippen molar-refractivity contribution in [3.63, 3.8) is 0 Å². The Labute approximate surface area is 126 Å². The topological polar surface area (TPSA) is 15.3 Å². The van der Waals surface area contributed by atoms with Crippen LogP contribution in [-0.2, 0) is 6.54 Å². The normalized spacial score (nSPS) is 25.6. The molecule has 1 aliphatic rings. The highest BCUT2D eigenvalue weighted by Gasteiger charge is 2.27. The molecule has 1 aliphatic heterocycles. The van der Waals surface area contributed by atoms with Gasteiger partial charge in [-0.25, -0.2) is 4.39 Å². The molecule has 0 amide bonds. The second kappa shape index (κ2) is 6.88. The lowest BCUT2D eigenvalue weighted by Crippen LogP contribution is -2.56. The van der Waals surface area contributed by atoms with Crippen LogP contribution in [0.25, 0.3) is 0 Å². The standard InChI is InChI=1S/C16H24ClFN2/c1-4-11(2)16-10-20(12(3)8-19-16)9-13-5-6-14(18)7-15(13)17/h5-7,11-12,16,19H,4,8-10H2,1-3H3. The number of benzene rings is 1. The Morgan fingerprint density at radius 2 is 2.25 bits per heavy atom. The van der Waals surface area contributed by atoms with Gasteiger partial charge in [0.2, 0.25) is 0 Å². The van der Waals surface area contributed by atoms with E-state index in [9.17, 15) is 4.39 Å². The molecule has 2 nitrogen and oxygen atoms in total. The van der Waals surface area contributed by atoms with E-state index in [2.05, 4.69) is 31.0 Å². The quantitative estimate of drug-likeness (QED) is 0.912. The maximum absolute atomic E-state index is 13.1. The van der Waals surface area contributed by atoms with Crippen LogP contribution in [0.3, 0.4) is 0 Å². The van der Waals surface area contributed by atoms with Crippen LogP contribution in [-0.4, -0.2) is 30.1 Å². The lowest BCUT2D eigenvalue weighted by Gasteiger charge is -2.41. The smallest absolute Gasteiger partial charge is 0.124 e. The zero-order valence-electron chi connectivity index (χ0n) is 12.5. The van der Waals surface area contributed by atoms with Crippen molar-refractivity contribution in [2.75, 3.05) is 13.1 Å². The largest absolute Gasteiger partial charge is 0.311 e. The fourth-order valence-electron chi connectivity index (χ4n) is 2.70. The van der Waals surface area contributed by atoms with Crippen LogP contribution in [0.5, 0.6) is 0 Å². The zero-order chi connectivity index (χ0) is 14.7. The molecule has 0 aliphatic carbocycles. The summed E-state index contributed by atoms with van der Waals surface area (Å²) >= 11 is 6.14. The summed E-state index contributed by atoms with van der Waals surface area (Å²) in [5.41, 5.74) is 1.00. The van der Waals surface area contributed by atoms with Crippen LogP contribution < -0.4 is 5.32 Å². The summed E-state index contributed by atoms with van der Waals surface area (Å²) in [7, 11) is 0. The van der Waals surface area contributed by atoms with Crippen molar-refractivity contribution in [3.8, 4) is 0 Å². The van der Waals surface area contributed by atoms with Gasteiger partial charge in [0.25, 0.3) is 0 Å². The van der Waals surface area contributed by atoms with Crippen molar-refractivity contribution in [3.05, 3.63) is 34.6 Å².